The highest BCUT2D eigenvalue weighted by Crippen LogP contribution is 2.22. The van der Waals surface area contributed by atoms with Crippen LogP contribution in [0.4, 0.5) is 10.5 Å². The Balaban J connectivity index is 1.66. The summed E-state index contributed by atoms with van der Waals surface area (Å²) in [5.41, 5.74) is 1.88. The zero-order valence-electron chi connectivity index (χ0n) is 14.9. The average Bonchev–Trinajstić information content (AvgIpc) is 2.68. The molecule has 1 saturated heterocycles. The van der Waals surface area contributed by atoms with Crippen LogP contribution in [0.1, 0.15) is 22.2 Å². The van der Waals surface area contributed by atoms with E-state index in [1.54, 1.807) is 31.1 Å². The number of rotatable bonds is 3. The summed E-state index contributed by atoms with van der Waals surface area (Å²) in [6, 6.07) is 12.9. The number of nitrogens with one attached hydrogen (secondary N) is 1. The second-order valence-corrected chi connectivity index (χ2v) is 6.28. The predicted molar refractivity (Wildman–Crippen MR) is 98.0 cm³/mol. The SMILES string of the molecule is CN(C)C(=O)c1cc(NC(=O)N2CCOC(c3ccccc3)C2)ccn1. The van der Waals surface area contributed by atoms with Crippen LogP contribution in [0.2, 0.25) is 0 Å². The van der Waals surface area contributed by atoms with Crippen LogP contribution >= 0.6 is 0 Å². The first-order valence-electron chi connectivity index (χ1n) is 8.45. The number of benzene rings is 1. The second kappa shape index (κ2) is 7.97. The van der Waals surface area contributed by atoms with E-state index >= 15 is 0 Å². The lowest BCUT2D eigenvalue weighted by molar-refractivity contribution is -0.0135. The van der Waals surface area contributed by atoms with Gasteiger partial charge in [0, 0.05) is 32.5 Å². The molecule has 136 valence electrons. The van der Waals surface area contributed by atoms with Crippen LogP contribution in [0.3, 0.4) is 0 Å². The van der Waals surface area contributed by atoms with E-state index in [0.717, 1.165) is 5.56 Å². The van der Waals surface area contributed by atoms with Crippen molar-refractivity contribution in [3.8, 4) is 0 Å². The highest BCUT2D eigenvalue weighted by molar-refractivity contribution is 5.95. The Morgan fingerprint density at radius 1 is 1.23 bits per heavy atom. The molecule has 1 aliphatic heterocycles. The number of carbonyl (C=O) groups is 2. The summed E-state index contributed by atoms with van der Waals surface area (Å²) in [6.45, 7) is 1.47. The summed E-state index contributed by atoms with van der Waals surface area (Å²) in [5.74, 6) is -0.211. The predicted octanol–water partition coefficient (Wildman–Crippen LogP) is 2.39. The summed E-state index contributed by atoms with van der Waals surface area (Å²) in [6.07, 6.45) is 1.37. The lowest BCUT2D eigenvalue weighted by Gasteiger charge is -2.33. The van der Waals surface area contributed by atoms with Crippen molar-refractivity contribution in [2.45, 2.75) is 6.10 Å². The first kappa shape index (κ1) is 17.9. The number of nitrogens with zero attached hydrogens (tertiary/aromatic N) is 3. The molecule has 3 rings (SSSR count). The second-order valence-electron chi connectivity index (χ2n) is 6.28. The number of carbonyl (C=O) groups excluding carboxylic acids is 2. The molecule has 7 nitrogen and oxygen atoms in total. The van der Waals surface area contributed by atoms with Gasteiger partial charge in [0.25, 0.3) is 5.91 Å². The highest BCUT2D eigenvalue weighted by Gasteiger charge is 2.25. The third-order valence-electron chi connectivity index (χ3n) is 4.16. The minimum Gasteiger partial charge on any atom is -0.370 e. The molecule has 1 N–H and O–H groups in total. The molecule has 2 aromatic rings. The molecule has 1 unspecified atom stereocenters. The van der Waals surface area contributed by atoms with E-state index < -0.39 is 0 Å². The van der Waals surface area contributed by atoms with Gasteiger partial charge in [0.15, 0.2) is 0 Å². The van der Waals surface area contributed by atoms with Gasteiger partial charge in [-0.05, 0) is 17.7 Å². The first-order chi connectivity index (χ1) is 12.5. The van der Waals surface area contributed by atoms with Crippen LogP contribution in [-0.2, 0) is 4.74 Å². The Morgan fingerprint density at radius 3 is 2.73 bits per heavy atom. The van der Waals surface area contributed by atoms with E-state index in [1.807, 2.05) is 30.3 Å². The molecule has 26 heavy (non-hydrogen) atoms. The number of hydrogen-bond acceptors (Lipinski definition) is 4. The normalized spacial score (nSPS) is 16.8. The van der Waals surface area contributed by atoms with Crippen molar-refractivity contribution < 1.29 is 14.3 Å². The molecule has 2 heterocycles. The quantitative estimate of drug-likeness (QED) is 0.918. The molecule has 1 aromatic heterocycles. The maximum absolute atomic E-state index is 12.6. The lowest BCUT2D eigenvalue weighted by atomic mass is 10.1. The zero-order chi connectivity index (χ0) is 18.5. The number of urea groups is 1. The molecule has 0 aliphatic carbocycles. The summed E-state index contributed by atoms with van der Waals surface area (Å²) in [7, 11) is 3.32. The molecule has 0 bridgehead atoms. The first-order valence-corrected chi connectivity index (χ1v) is 8.45. The minimum atomic E-state index is -0.219. The van der Waals surface area contributed by atoms with Gasteiger partial charge in [-0.3, -0.25) is 9.78 Å². The number of morpholine rings is 1. The van der Waals surface area contributed by atoms with E-state index in [4.69, 9.17) is 4.74 Å². The largest absolute Gasteiger partial charge is 0.370 e. The molecule has 7 heteroatoms. The van der Waals surface area contributed by atoms with E-state index in [1.165, 1.54) is 11.1 Å². The Bertz CT molecular complexity index is 779. The molecule has 0 radical (unpaired) electrons. The fraction of sp³-hybridized carbons (Fsp3) is 0.316. The topological polar surface area (TPSA) is 74.8 Å². The summed E-state index contributed by atoms with van der Waals surface area (Å²) < 4.78 is 5.79. The van der Waals surface area contributed by atoms with Gasteiger partial charge in [-0.25, -0.2) is 4.79 Å². The van der Waals surface area contributed by atoms with Crippen LogP contribution in [0.25, 0.3) is 0 Å². The van der Waals surface area contributed by atoms with E-state index in [0.29, 0.717) is 25.4 Å². The molecule has 1 aliphatic rings. The van der Waals surface area contributed by atoms with Crippen LogP contribution < -0.4 is 5.32 Å². The third kappa shape index (κ3) is 4.18. The Hall–Kier alpha value is -2.93. The third-order valence-corrected chi connectivity index (χ3v) is 4.16. The number of anilines is 1. The van der Waals surface area contributed by atoms with Crippen molar-refractivity contribution >= 4 is 17.6 Å². The monoisotopic (exact) mass is 354 g/mol. The fourth-order valence-corrected chi connectivity index (χ4v) is 2.76. The molecule has 0 saturated carbocycles. The molecular formula is C19H22N4O3. The van der Waals surface area contributed by atoms with Gasteiger partial charge in [-0.1, -0.05) is 30.3 Å². The summed E-state index contributed by atoms with van der Waals surface area (Å²) >= 11 is 0. The molecule has 1 fully saturated rings. The van der Waals surface area contributed by atoms with Crippen LogP contribution in [0.5, 0.6) is 0 Å². The minimum absolute atomic E-state index is 0.140. The number of amides is 3. The van der Waals surface area contributed by atoms with Gasteiger partial charge in [0.05, 0.1) is 13.2 Å². The molecular weight excluding hydrogens is 332 g/mol. The molecule has 3 amide bonds. The molecule has 1 aromatic carbocycles. The average molecular weight is 354 g/mol. The van der Waals surface area contributed by atoms with Gasteiger partial charge in [0.2, 0.25) is 0 Å². The number of hydrogen-bond donors (Lipinski definition) is 1. The van der Waals surface area contributed by atoms with Crippen molar-refractivity contribution in [1.29, 1.82) is 0 Å². The highest BCUT2D eigenvalue weighted by atomic mass is 16.5. The standard InChI is InChI=1S/C19H22N4O3/c1-22(2)18(24)16-12-15(8-9-20-16)21-19(25)23-10-11-26-17(13-23)14-6-4-3-5-7-14/h3-9,12,17H,10-11,13H2,1-2H3,(H,20,21,25). The van der Waals surface area contributed by atoms with Gasteiger partial charge in [-0.15, -0.1) is 0 Å². The van der Waals surface area contributed by atoms with Crippen LogP contribution in [0, 0.1) is 0 Å². The van der Waals surface area contributed by atoms with Crippen LogP contribution in [0.15, 0.2) is 48.7 Å². The van der Waals surface area contributed by atoms with Crippen molar-refractivity contribution in [2.75, 3.05) is 39.1 Å². The van der Waals surface area contributed by atoms with Crippen LogP contribution in [-0.4, -0.2) is 60.5 Å². The van der Waals surface area contributed by atoms with Gasteiger partial charge >= 0.3 is 6.03 Å². The summed E-state index contributed by atoms with van der Waals surface area (Å²) in [4.78, 5) is 31.8. The Morgan fingerprint density at radius 2 is 2.00 bits per heavy atom. The smallest absolute Gasteiger partial charge is 0.322 e. The van der Waals surface area contributed by atoms with E-state index in [2.05, 4.69) is 10.3 Å². The number of pyridine rings is 1. The van der Waals surface area contributed by atoms with Gasteiger partial charge in [-0.2, -0.15) is 0 Å². The number of aromatic nitrogens is 1. The molecule has 0 spiro atoms. The van der Waals surface area contributed by atoms with Crippen molar-refractivity contribution in [3.63, 3.8) is 0 Å². The van der Waals surface area contributed by atoms with E-state index in [9.17, 15) is 9.59 Å². The maximum Gasteiger partial charge on any atom is 0.322 e. The van der Waals surface area contributed by atoms with Crippen molar-refractivity contribution in [3.05, 3.63) is 59.9 Å². The van der Waals surface area contributed by atoms with Crippen molar-refractivity contribution in [1.82, 2.24) is 14.8 Å². The van der Waals surface area contributed by atoms with E-state index in [-0.39, 0.29) is 23.7 Å². The van der Waals surface area contributed by atoms with Crippen molar-refractivity contribution in [2.24, 2.45) is 0 Å². The Kier molecular flexibility index (Phi) is 5.48. The fourth-order valence-electron chi connectivity index (χ4n) is 2.76. The Labute approximate surface area is 152 Å². The number of ether oxygens (including phenoxy) is 1. The van der Waals surface area contributed by atoms with Gasteiger partial charge < -0.3 is 19.9 Å². The lowest BCUT2D eigenvalue weighted by Crippen LogP contribution is -2.44. The molecule has 1 atom stereocenters. The maximum atomic E-state index is 12.6. The summed E-state index contributed by atoms with van der Waals surface area (Å²) in [5, 5.41) is 2.84. The van der Waals surface area contributed by atoms with Gasteiger partial charge in [0.1, 0.15) is 11.8 Å². The zero-order valence-corrected chi connectivity index (χ0v) is 14.9.